The highest BCUT2D eigenvalue weighted by atomic mass is 35.5. The highest BCUT2D eigenvalue weighted by molar-refractivity contribution is 7.86. The standard InChI is InChI=1S/C8H9NO6S2.C6H5Cl2N/c1-9(16(10)11)6-3-4-7(15-2)8(5-6)17(12,13)14;7-4-1-2-5(8)6(9)3-4/h3-5H,1-2H3;1-3H,9H2/p+1. The molecule has 3 N–H and O–H groups in total. The molecule has 0 aliphatic rings. The topological polar surface area (TPSA) is 127 Å². The van der Waals surface area contributed by atoms with Gasteiger partial charge in [0, 0.05) is 17.2 Å². The molecule has 0 radical (unpaired) electrons. The summed E-state index contributed by atoms with van der Waals surface area (Å²) in [6.45, 7) is 0. The van der Waals surface area contributed by atoms with E-state index in [-0.39, 0.29) is 11.4 Å². The Morgan fingerprint density at radius 2 is 1.77 bits per heavy atom. The first kappa shape index (κ1) is 22.2. The summed E-state index contributed by atoms with van der Waals surface area (Å²) in [4.78, 5) is -0.491. The van der Waals surface area contributed by atoms with E-state index in [4.69, 9.17) is 38.2 Å². The van der Waals surface area contributed by atoms with Gasteiger partial charge in [0.05, 0.1) is 17.8 Å². The number of nitrogen functional groups attached to an aromatic ring is 1. The first-order chi connectivity index (χ1) is 12.0. The smallest absolute Gasteiger partial charge is 0.464 e. The number of anilines is 1. The average Bonchev–Trinajstić information content (AvgIpc) is 2.57. The van der Waals surface area contributed by atoms with Gasteiger partial charge in [-0.15, -0.1) is 8.42 Å². The molecule has 0 aliphatic carbocycles. The first-order valence-electron chi connectivity index (χ1n) is 6.66. The molecule has 0 amide bonds. The number of hydrogen-bond donors (Lipinski definition) is 2. The fourth-order valence-corrected chi connectivity index (χ4v) is 2.92. The molecular formula is C14H15Cl2N2O6S2+. The molecule has 0 heterocycles. The van der Waals surface area contributed by atoms with Crippen LogP contribution in [0.25, 0.3) is 0 Å². The maximum absolute atomic E-state index is 11.1. The number of benzene rings is 2. The number of hydrogen-bond acceptors (Lipinski definition) is 6. The van der Waals surface area contributed by atoms with E-state index in [9.17, 15) is 16.8 Å². The van der Waals surface area contributed by atoms with Gasteiger partial charge in [-0.3, -0.25) is 4.55 Å². The Morgan fingerprint density at radius 1 is 1.15 bits per heavy atom. The quantitative estimate of drug-likeness (QED) is 0.425. The van der Waals surface area contributed by atoms with Gasteiger partial charge in [-0.25, -0.2) is 0 Å². The van der Waals surface area contributed by atoms with Gasteiger partial charge in [0.2, 0.25) is 5.69 Å². The van der Waals surface area contributed by atoms with Crippen LogP contribution in [-0.4, -0.2) is 39.5 Å². The molecule has 0 aliphatic heterocycles. The third kappa shape index (κ3) is 6.15. The minimum absolute atomic E-state index is 0.0682. The molecule has 2 rings (SSSR count). The summed E-state index contributed by atoms with van der Waals surface area (Å²) in [5.74, 6) is -0.0682. The van der Waals surface area contributed by atoms with Gasteiger partial charge in [0.15, 0.2) is 7.05 Å². The Morgan fingerprint density at radius 3 is 2.19 bits per heavy atom. The van der Waals surface area contributed by atoms with E-state index in [2.05, 4.69) is 0 Å². The van der Waals surface area contributed by atoms with Crippen LogP contribution in [0.4, 0.5) is 11.4 Å². The van der Waals surface area contributed by atoms with Crippen LogP contribution in [0.3, 0.4) is 0 Å². The van der Waals surface area contributed by atoms with E-state index in [0.29, 0.717) is 15.7 Å². The Balaban J connectivity index is 0.000000314. The maximum Gasteiger partial charge on any atom is 0.464 e. The largest absolute Gasteiger partial charge is 0.495 e. The van der Waals surface area contributed by atoms with Crippen LogP contribution in [0.2, 0.25) is 10.0 Å². The highest BCUT2D eigenvalue weighted by Crippen LogP contribution is 2.27. The lowest BCUT2D eigenvalue weighted by molar-refractivity contribution is -0.377. The molecule has 8 nitrogen and oxygen atoms in total. The summed E-state index contributed by atoms with van der Waals surface area (Å²) in [6.07, 6.45) is 0. The van der Waals surface area contributed by atoms with E-state index in [0.717, 1.165) is 10.0 Å². The van der Waals surface area contributed by atoms with Crippen LogP contribution in [0.1, 0.15) is 0 Å². The average molecular weight is 442 g/mol. The van der Waals surface area contributed by atoms with E-state index in [1.54, 1.807) is 18.2 Å². The third-order valence-electron chi connectivity index (χ3n) is 2.97. The van der Waals surface area contributed by atoms with Crippen LogP contribution in [-0.2, 0) is 20.6 Å². The number of halogens is 2. The van der Waals surface area contributed by atoms with Crippen LogP contribution in [0.5, 0.6) is 5.75 Å². The second kappa shape index (κ2) is 9.19. The number of ether oxygens (including phenoxy) is 1. The van der Waals surface area contributed by atoms with Gasteiger partial charge in [0.1, 0.15) is 10.6 Å². The predicted molar refractivity (Wildman–Crippen MR) is 98.4 cm³/mol. The molecule has 0 aromatic heterocycles. The van der Waals surface area contributed by atoms with Gasteiger partial charge in [-0.1, -0.05) is 27.1 Å². The minimum atomic E-state index is -4.48. The molecule has 12 heteroatoms. The van der Waals surface area contributed by atoms with Crippen molar-refractivity contribution < 1.29 is 30.1 Å². The molecule has 0 saturated carbocycles. The lowest BCUT2D eigenvalue weighted by Gasteiger charge is -2.04. The number of nitrogens with zero attached hydrogens (tertiary/aromatic N) is 1. The molecule has 26 heavy (non-hydrogen) atoms. The molecule has 0 atom stereocenters. The van der Waals surface area contributed by atoms with Gasteiger partial charge in [0.25, 0.3) is 10.1 Å². The van der Waals surface area contributed by atoms with E-state index in [1.165, 1.54) is 26.3 Å². The summed E-state index contributed by atoms with van der Waals surface area (Å²) in [5, 5.41) is 1.15. The minimum Gasteiger partial charge on any atom is -0.495 e. The summed E-state index contributed by atoms with van der Waals surface area (Å²) < 4.78 is 58.1. The molecule has 2 aromatic rings. The van der Waals surface area contributed by atoms with Crippen molar-refractivity contribution in [3.05, 3.63) is 46.4 Å². The van der Waals surface area contributed by atoms with Crippen molar-refractivity contribution >= 4 is 55.2 Å². The Bertz CT molecular complexity index is 1050. The molecule has 0 fully saturated rings. The maximum atomic E-state index is 11.1. The zero-order valence-corrected chi connectivity index (χ0v) is 16.7. The lowest BCUT2D eigenvalue weighted by Crippen LogP contribution is -2.03. The SMILES string of the molecule is COc1ccc([N+](C)=S(=O)=O)cc1S(=O)(=O)O.Nc1cc(Cl)ccc1Cl. The summed E-state index contributed by atoms with van der Waals surface area (Å²) >= 11 is 11.2. The molecule has 0 spiro atoms. The molecule has 0 bridgehead atoms. The predicted octanol–water partition coefficient (Wildman–Crippen LogP) is 2.85. The molecule has 2 aromatic carbocycles. The van der Waals surface area contributed by atoms with Crippen LogP contribution >= 0.6 is 23.2 Å². The van der Waals surface area contributed by atoms with Crippen LogP contribution in [0.15, 0.2) is 41.3 Å². The van der Waals surface area contributed by atoms with Crippen molar-refractivity contribution in [2.75, 3.05) is 19.9 Å². The summed E-state index contributed by atoms with van der Waals surface area (Å²) in [6, 6.07) is 8.58. The zero-order chi connectivity index (χ0) is 20.1. The third-order valence-corrected chi connectivity index (χ3v) is 5.08. The number of nitrogens with two attached hydrogens (primary N) is 1. The Labute approximate surface area is 162 Å². The normalized spacial score (nSPS) is 10.5. The van der Waals surface area contributed by atoms with Crippen LogP contribution < -0.4 is 10.5 Å². The second-order valence-electron chi connectivity index (χ2n) is 4.69. The lowest BCUT2D eigenvalue weighted by atomic mass is 10.3. The fraction of sp³-hybridized carbons (Fsp3) is 0.143. The van der Waals surface area contributed by atoms with Gasteiger partial charge in [-0.2, -0.15) is 8.42 Å². The zero-order valence-electron chi connectivity index (χ0n) is 13.5. The van der Waals surface area contributed by atoms with Crippen molar-refractivity contribution in [1.82, 2.24) is 0 Å². The molecule has 0 unspecified atom stereocenters. The van der Waals surface area contributed by atoms with Crippen LogP contribution in [0, 0.1) is 0 Å². The summed E-state index contributed by atoms with van der Waals surface area (Å²) in [7, 11) is -4.55. The van der Waals surface area contributed by atoms with Crippen molar-refractivity contribution in [2.24, 2.45) is 0 Å². The molecular weight excluding hydrogens is 427 g/mol. The summed E-state index contributed by atoms with van der Waals surface area (Å²) in [5.41, 5.74) is 6.01. The second-order valence-corrected chi connectivity index (χ2v) is 7.91. The van der Waals surface area contributed by atoms with E-state index >= 15 is 0 Å². The van der Waals surface area contributed by atoms with Gasteiger partial charge in [-0.05, 0) is 24.3 Å². The van der Waals surface area contributed by atoms with Gasteiger partial charge >= 0.3 is 10.5 Å². The highest BCUT2D eigenvalue weighted by Gasteiger charge is 2.20. The molecule has 142 valence electrons. The van der Waals surface area contributed by atoms with Crippen molar-refractivity contribution in [3.63, 3.8) is 0 Å². The number of rotatable bonds is 3. The number of methoxy groups -OCH3 is 1. The first-order valence-corrected chi connectivity index (χ1v) is 9.89. The van der Waals surface area contributed by atoms with Crippen molar-refractivity contribution in [3.8, 4) is 5.75 Å². The Hall–Kier alpha value is -1.85. The van der Waals surface area contributed by atoms with Crippen molar-refractivity contribution in [2.45, 2.75) is 4.90 Å². The Kier molecular flexibility index (Phi) is 7.85. The van der Waals surface area contributed by atoms with E-state index < -0.39 is 25.5 Å². The van der Waals surface area contributed by atoms with E-state index in [1.807, 2.05) is 0 Å². The molecule has 0 saturated heterocycles. The monoisotopic (exact) mass is 441 g/mol. The fourth-order valence-electron chi connectivity index (χ4n) is 1.66. The van der Waals surface area contributed by atoms with Gasteiger partial charge < -0.3 is 10.5 Å². The van der Waals surface area contributed by atoms with Crippen molar-refractivity contribution in [1.29, 1.82) is 0 Å².